The topological polar surface area (TPSA) is 65.1 Å². The third-order valence-corrected chi connectivity index (χ3v) is 2.93. The first-order chi connectivity index (χ1) is 6.31. The van der Waals surface area contributed by atoms with Crippen molar-refractivity contribution >= 4 is 10.4 Å². The average molecular weight is 227 g/mol. The molecule has 0 heterocycles. The van der Waals surface area contributed by atoms with E-state index < -0.39 is 16.3 Å². The van der Waals surface area contributed by atoms with E-state index in [0.29, 0.717) is 6.54 Å². The molecule has 0 fully saturated rings. The van der Waals surface area contributed by atoms with Crippen LogP contribution in [0.25, 0.3) is 0 Å². The minimum Gasteiger partial charge on any atom is -0.340 e. The maximum Gasteiger partial charge on any atom is 0.403 e. The van der Waals surface area contributed by atoms with Gasteiger partial charge in [-0.05, 0) is 13.6 Å². The van der Waals surface area contributed by atoms with E-state index >= 15 is 0 Å². The quantitative estimate of drug-likeness (QED) is 0.602. The van der Waals surface area contributed by atoms with E-state index in [9.17, 15) is 8.42 Å². The Morgan fingerprint density at radius 3 is 2.14 bits per heavy atom. The minimum absolute atomic E-state index is 0.573. The van der Waals surface area contributed by atoms with E-state index in [2.05, 4.69) is 4.18 Å². The molecular weight excluding hydrogens is 210 g/mol. The molecule has 0 spiro atoms. The number of rotatable bonds is 6. The third-order valence-electron chi connectivity index (χ3n) is 2.01. The van der Waals surface area contributed by atoms with Crippen molar-refractivity contribution in [3.05, 3.63) is 0 Å². The Bertz CT molecular complexity index is 265. The van der Waals surface area contributed by atoms with E-state index in [1.165, 1.54) is 14.0 Å². The zero-order valence-corrected chi connectivity index (χ0v) is 9.92. The average Bonchev–Trinajstić information content (AvgIpc) is 2.15. The SMILES string of the molecule is CCN(C)C(C)(OC)OS(=O)(=O)OC. The van der Waals surface area contributed by atoms with Crippen LogP contribution in [0.3, 0.4) is 0 Å². The summed E-state index contributed by atoms with van der Waals surface area (Å²) in [6.07, 6.45) is 0. The highest BCUT2D eigenvalue weighted by atomic mass is 32.3. The Balaban J connectivity index is 4.72. The lowest BCUT2D eigenvalue weighted by Gasteiger charge is -2.34. The van der Waals surface area contributed by atoms with E-state index in [0.717, 1.165) is 7.11 Å². The fourth-order valence-corrected chi connectivity index (χ4v) is 1.41. The van der Waals surface area contributed by atoms with Crippen LogP contribution in [0.15, 0.2) is 0 Å². The summed E-state index contributed by atoms with van der Waals surface area (Å²) >= 11 is 0. The highest BCUT2D eigenvalue weighted by Crippen LogP contribution is 2.18. The van der Waals surface area contributed by atoms with Gasteiger partial charge in [0.25, 0.3) is 0 Å². The van der Waals surface area contributed by atoms with Gasteiger partial charge in [0.1, 0.15) is 0 Å². The van der Waals surface area contributed by atoms with E-state index in [1.54, 1.807) is 11.9 Å². The van der Waals surface area contributed by atoms with Crippen molar-refractivity contribution in [2.75, 3.05) is 27.8 Å². The summed E-state index contributed by atoms with van der Waals surface area (Å²) in [6.45, 7) is 3.91. The second-order valence-corrected chi connectivity index (χ2v) is 4.09. The van der Waals surface area contributed by atoms with Crippen LogP contribution in [0.1, 0.15) is 13.8 Å². The molecule has 0 aliphatic rings. The van der Waals surface area contributed by atoms with Gasteiger partial charge in [0.05, 0.1) is 7.11 Å². The van der Waals surface area contributed by atoms with Crippen LogP contribution in [0.2, 0.25) is 0 Å². The summed E-state index contributed by atoms with van der Waals surface area (Å²) in [4.78, 5) is 1.59. The highest BCUT2D eigenvalue weighted by Gasteiger charge is 2.35. The molecule has 0 aromatic heterocycles. The van der Waals surface area contributed by atoms with Gasteiger partial charge in [0, 0.05) is 14.0 Å². The smallest absolute Gasteiger partial charge is 0.340 e. The molecule has 0 radical (unpaired) electrons. The first kappa shape index (κ1) is 13.8. The molecule has 6 nitrogen and oxygen atoms in total. The highest BCUT2D eigenvalue weighted by molar-refractivity contribution is 7.81. The van der Waals surface area contributed by atoms with Gasteiger partial charge in [-0.25, -0.2) is 0 Å². The number of methoxy groups -OCH3 is 1. The summed E-state index contributed by atoms with van der Waals surface area (Å²) in [6, 6.07) is 0. The monoisotopic (exact) mass is 227 g/mol. The Morgan fingerprint density at radius 2 is 1.86 bits per heavy atom. The molecule has 0 aliphatic heterocycles. The Labute approximate surface area is 85.1 Å². The Morgan fingerprint density at radius 1 is 1.36 bits per heavy atom. The summed E-state index contributed by atoms with van der Waals surface area (Å²) < 4.78 is 36.0. The number of hydrogen-bond donors (Lipinski definition) is 0. The second-order valence-electron chi connectivity index (χ2n) is 2.77. The summed E-state index contributed by atoms with van der Waals surface area (Å²) in [5, 5.41) is 0. The number of nitrogens with zero attached hydrogens (tertiary/aromatic N) is 1. The van der Waals surface area contributed by atoms with Crippen molar-refractivity contribution in [3.8, 4) is 0 Å². The van der Waals surface area contributed by atoms with Gasteiger partial charge in [0.2, 0.25) is 5.91 Å². The molecule has 0 aromatic rings. The van der Waals surface area contributed by atoms with E-state index in [4.69, 9.17) is 8.92 Å². The van der Waals surface area contributed by atoms with Crippen LogP contribution in [-0.4, -0.2) is 47.0 Å². The van der Waals surface area contributed by atoms with Crippen LogP contribution in [0.4, 0.5) is 0 Å². The predicted octanol–water partition coefficient (Wildman–Crippen LogP) is 0.166. The number of hydrogen-bond acceptors (Lipinski definition) is 6. The summed E-state index contributed by atoms with van der Waals surface area (Å²) in [7, 11) is 0.0479. The molecule has 0 saturated carbocycles. The zero-order chi connectivity index (χ0) is 11.4. The normalized spacial score (nSPS) is 17.0. The molecule has 0 bridgehead atoms. The van der Waals surface area contributed by atoms with Gasteiger partial charge in [-0.15, -0.1) is 0 Å². The lowest BCUT2D eigenvalue weighted by Crippen LogP contribution is -2.49. The Hall–Kier alpha value is -0.210. The van der Waals surface area contributed by atoms with Gasteiger partial charge in [-0.2, -0.15) is 12.6 Å². The van der Waals surface area contributed by atoms with Crippen LogP contribution in [0.5, 0.6) is 0 Å². The fourth-order valence-electron chi connectivity index (χ4n) is 0.764. The first-order valence-corrected chi connectivity index (χ1v) is 5.42. The Kier molecular flexibility index (Phi) is 4.96. The molecule has 86 valence electrons. The molecule has 14 heavy (non-hydrogen) atoms. The summed E-state index contributed by atoms with van der Waals surface area (Å²) in [5.74, 6) is -1.34. The van der Waals surface area contributed by atoms with Crippen molar-refractivity contribution in [2.45, 2.75) is 19.8 Å². The van der Waals surface area contributed by atoms with Gasteiger partial charge in [0.15, 0.2) is 0 Å². The van der Waals surface area contributed by atoms with Gasteiger partial charge in [-0.3, -0.25) is 9.08 Å². The maximum atomic E-state index is 11.0. The van der Waals surface area contributed by atoms with Crippen LogP contribution in [-0.2, 0) is 23.5 Å². The van der Waals surface area contributed by atoms with Gasteiger partial charge in [-0.1, -0.05) is 6.92 Å². The van der Waals surface area contributed by atoms with Crippen LogP contribution in [0, 0.1) is 0 Å². The van der Waals surface area contributed by atoms with E-state index in [1.807, 2.05) is 6.92 Å². The van der Waals surface area contributed by atoms with Crippen LogP contribution >= 0.6 is 0 Å². The van der Waals surface area contributed by atoms with E-state index in [-0.39, 0.29) is 0 Å². The predicted molar refractivity (Wildman–Crippen MR) is 50.7 cm³/mol. The fraction of sp³-hybridized carbons (Fsp3) is 1.00. The molecule has 0 N–H and O–H groups in total. The van der Waals surface area contributed by atoms with Crippen molar-refractivity contribution in [2.24, 2.45) is 0 Å². The van der Waals surface area contributed by atoms with Crippen molar-refractivity contribution < 1.29 is 21.5 Å². The molecule has 0 aromatic carbocycles. The van der Waals surface area contributed by atoms with Gasteiger partial charge >= 0.3 is 10.4 Å². The minimum atomic E-state index is -4.01. The molecular formula is C7H17NO5S. The van der Waals surface area contributed by atoms with Crippen LogP contribution < -0.4 is 0 Å². The van der Waals surface area contributed by atoms with Crippen molar-refractivity contribution in [3.63, 3.8) is 0 Å². The third kappa shape index (κ3) is 3.50. The number of ether oxygens (including phenoxy) is 1. The lowest BCUT2D eigenvalue weighted by atomic mass is 10.4. The van der Waals surface area contributed by atoms with Crippen molar-refractivity contribution in [1.29, 1.82) is 0 Å². The molecule has 0 amide bonds. The molecule has 0 aliphatic carbocycles. The summed E-state index contributed by atoms with van der Waals surface area (Å²) in [5.41, 5.74) is 0. The van der Waals surface area contributed by atoms with Gasteiger partial charge < -0.3 is 4.74 Å². The maximum absolute atomic E-state index is 11.0. The first-order valence-electron chi connectivity index (χ1n) is 4.09. The molecule has 0 rings (SSSR count). The lowest BCUT2D eigenvalue weighted by molar-refractivity contribution is -0.240. The second kappa shape index (κ2) is 5.04. The standard InChI is InChI=1S/C7H17NO5S/c1-6-8(3)7(2,11-4)13-14(9,10)12-5/h6H2,1-5H3. The molecule has 7 heteroatoms. The molecule has 1 unspecified atom stereocenters. The van der Waals surface area contributed by atoms with Crippen molar-refractivity contribution in [1.82, 2.24) is 4.90 Å². The molecule has 1 atom stereocenters. The molecule has 0 saturated heterocycles. The largest absolute Gasteiger partial charge is 0.403 e. The zero-order valence-electron chi connectivity index (χ0n) is 9.10.